The monoisotopic (exact) mass is 261 g/mol. The maximum Gasteiger partial charge on any atom is 0.254 e. The van der Waals surface area contributed by atoms with Crippen LogP contribution in [0.2, 0.25) is 0 Å². The Labute approximate surface area is 112 Å². The molecule has 0 spiro atoms. The van der Waals surface area contributed by atoms with E-state index in [9.17, 15) is 9.59 Å². The Morgan fingerprint density at radius 1 is 1.53 bits per heavy atom. The molecule has 1 aliphatic heterocycles. The van der Waals surface area contributed by atoms with Gasteiger partial charge < -0.3 is 16.0 Å². The highest BCUT2D eigenvalue weighted by atomic mass is 16.2. The highest BCUT2D eigenvalue weighted by Gasteiger charge is 2.32. The number of nitrogens with two attached hydrogens (primary N) is 1. The minimum absolute atomic E-state index is 0.0799. The Morgan fingerprint density at radius 2 is 2.26 bits per heavy atom. The van der Waals surface area contributed by atoms with Gasteiger partial charge in [-0.1, -0.05) is 13.0 Å². The van der Waals surface area contributed by atoms with E-state index in [0.29, 0.717) is 30.8 Å². The van der Waals surface area contributed by atoms with Crippen LogP contribution < -0.4 is 11.1 Å². The van der Waals surface area contributed by atoms with E-state index in [4.69, 9.17) is 5.73 Å². The predicted octanol–water partition coefficient (Wildman–Crippen LogP) is 0.928. The van der Waals surface area contributed by atoms with Gasteiger partial charge in [-0.2, -0.15) is 0 Å². The maximum absolute atomic E-state index is 12.6. The van der Waals surface area contributed by atoms with Crippen molar-refractivity contribution in [1.82, 2.24) is 10.2 Å². The first-order chi connectivity index (χ1) is 9.06. The summed E-state index contributed by atoms with van der Waals surface area (Å²) in [6.45, 7) is 4.77. The molecule has 0 aliphatic carbocycles. The number of rotatable bonds is 2. The quantitative estimate of drug-likeness (QED) is 0.778. The average Bonchev–Trinajstić information content (AvgIpc) is 2.41. The second-order valence-corrected chi connectivity index (χ2v) is 4.73. The third-order valence-electron chi connectivity index (χ3n) is 3.58. The third kappa shape index (κ3) is 2.41. The molecule has 1 fully saturated rings. The van der Waals surface area contributed by atoms with Crippen molar-refractivity contribution in [3.63, 3.8) is 0 Å². The Hall–Kier alpha value is -2.04. The van der Waals surface area contributed by atoms with E-state index in [1.807, 2.05) is 13.8 Å². The molecule has 1 atom stereocenters. The first-order valence-electron chi connectivity index (χ1n) is 6.50. The smallest absolute Gasteiger partial charge is 0.254 e. The van der Waals surface area contributed by atoms with Crippen LogP contribution in [-0.4, -0.2) is 35.8 Å². The summed E-state index contributed by atoms with van der Waals surface area (Å²) in [7, 11) is 0. The van der Waals surface area contributed by atoms with Crippen molar-refractivity contribution in [2.45, 2.75) is 26.3 Å². The predicted molar refractivity (Wildman–Crippen MR) is 73.7 cm³/mol. The zero-order valence-electron chi connectivity index (χ0n) is 11.3. The lowest BCUT2D eigenvalue weighted by atomic mass is 10.0. The van der Waals surface area contributed by atoms with Gasteiger partial charge >= 0.3 is 0 Å². The van der Waals surface area contributed by atoms with E-state index >= 15 is 0 Å². The second-order valence-electron chi connectivity index (χ2n) is 4.73. The first kappa shape index (κ1) is 13.4. The molecule has 5 nitrogen and oxygen atoms in total. The van der Waals surface area contributed by atoms with Gasteiger partial charge in [0.1, 0.15) is 6.04 Å². The summed E-state index contributed by atoms with van der Waals surface area (Å²) >= 11 is 0. The number of benzene rings is 1. The van der Waals surface area contributed by atoms with Crippen LogP contribution in [0.1, 0.15) is 29.3 Å². The van der Waals surface area contributed by atoms with Crippen LogP contribution in [0, 0.1) is 6.92 Å². The lowest BCUT2D eigenvalue weighted by Crippen LogP contribution is -2.57. The van der Waals surface area contributed by atoms with Gasteiger partial charge in [0, 0.05) is 24.3 Å². The van der Waals surface area contributed by atoms with Crippen LogP contribution in [0.4, 0.5) is 5.69 Å². The van der Waals surface area contributed by atoms with Crippen molar-refractivity contribution >= 4 is 17.5 Å². The van der Waals surface area contributed by atoms with Crippen LogP contribution in [0.3, 0.4) is 0 Å². The molecule has 0 aromatic heterocycles. The van der Waals surface area contributed by atoms with Gasteiger partial charge in [0.05, 0.1) is 0 Å². The van der Waals surface area contributed by atoms with Gasteiger partial charge in [-0.3, -0.25) is 9.59 Å². The van der Waals surface area contributed by atoms with E-state index in [1.165, 1.54) is 0 Å². The molecule has 19 heavy (non-hydrogen) atoms. The SMILES string of the molecule is CCC1C(=O)NCCN1C(=O)c1cccc(N)c1C. The van der Waals surface area contributed by atoms with Gasteiger partial charge in [0.2, 0.25) is 5.91 Å². The van der Waals surface area contributed by atoms with Crippen molar-refractivity contribution in [3.8, 4) is 0 Å². The summed E-state index contributed by atoms with van der Waals surface area (Å²) in [5.41, 5.74) is 7.78. The third-order valence-corrected chi connectivity index (χ3v) is 3.58. The minimum atomic E-state index is -0.387. The molecule has 1 heterocycles. The van der Waals surface area contributed by atoms with Crippen molar-refractivity contribution in [2.75, 3.05) is 18.8 Å². The molecule has 1 aromatic rings. The van der Waals surface area contributed by atoms with E-state index in [-0.39, 0.29) is 17.9 Å². The zero-order chi connectivity index (χ0) is 14.0. The van der Waals surface area contributed by atoms with Crippen molar-refractivity contribution < 1.29 is 9.59 Å². The van der Waals surface area contributed by atoms with Crippen molar-refractivity contribution in [2.24, 2.45) is 0 Å². The summed E-state index contributed by atoms with van der Waals surface area (Å²) < 4.78 is 0. The normalized spacial score (nSPS) is 19.2. The van der Waals surface area contributed by atoms with Crippen LogP contribution in [0.15, 0.2) is 18.2 Å². The Balaban J connectivity index is 2.32. The van der Waals surface area contributed by atoms with E-state index in [2.05, 4.69) is 5.32 Å². The summed E-state index contributed by atoms with van der Waals surface area (Å²) in [5, 5.41) is 2.79. The lowest BCUT2D eigenvalue weighted by molar-refractivity contribution is -0.127. The molecular formula is C14H19N3O2. The fourth-order valence-electron chi connectivity index (χ4n) is 2.40. The standard InChI is InChI=1S/C14H19N3O2/c1-3-12-13(18)16-7-8-17(12)14(19)10-5-4-6-11(15)9(10)2/h4-6,12H,3,7-8,15H2,1-2H3,(H,16,18). The molecule has 0 saturated carbocycles. The van der Waals surface area contributed by atoms with Crippen molar-refractivity contribution in [3.05, 3.63) is 29.3 Å². The topological polar surface area (TPSA) is 75.4 Å². The molecule has 0 bridgehead atoms. The fourth-order valence-corrected chi connectivity index (χ4v) is 2.40. The Bertz CT molecular complexity index is 513. The average molecular weight is 261 g/mol. The summed E-state index contributed by atoms with van der Waals surface area (Å²) in [6, 6.07) is 4.90. The van der Waals surface area contributed by atoms with Crippen LogP contribution >= 0.6 is 0 Å². The van der Waals surface area contributed by atoms with Crippen molar-refractivity contribution in [1.29, 1.82) is 0 Å². The maximum atomic E-state index is 12.6. The number of amides is 2. The fraction of sp³-hybridized carbons (Fsp3) is 0.429. The van der Waals surface area contributed by atoms with Crippen LogP contribution in [0.5, 0.6) is 0 Å². The highest BCUT2D eigenvalue weighted by molar-refractivity contribution is 6.00. The molecule has 102 valence electrons. The molecule has 5 heteroatoms. The van der Waals surface area contributed by atoms with Gasteiger partial charge in [0.25, 0.3) is 5.91 Å². The number of piperazine rings is 1. The summed E-state index contributed by atoms with van der Waals surface area (Å²) in [5.74, 6) is -0.199. The number of carbonyl (C=O) groups excluding carboxylic acids is 2. The van der Waals surface area contributed by atoms with E-state index in [0.717, 1.165) is 5.56 Å². The molecule has 1 unspecified atom stereocenters. The van der Waals surface area contributed by atoms with E-state index in [1.54, 1.807) is 23.1 Å². The van der Waals surface area contributed by atoms with Gasteiger partial charge in [-0.25, -0.2) is 0 Å². The number of hydrogen-bond acceptors (Lipinski definition) is 3. The molecular weight excluding hydrogens is 242 g/mol. The first-order valence-corrected chi connectivity index (χ1v) is 6.50. The second kappa shape index (κ2) is 5.30. The number of hydrogen-bond donors (Lipinski definition) is 2. The van der Waals surface area contributed by atoms with Crippen LogP contribution in [0.25, 0.3) is 0 Å². The highest BCUT2D eigenvalue weighted by Crippen LogP contribution is 2.20. The molecule has 2 rings (SSSR count). The number of anilines is 1. The molecule has 1 aliphatic rings. The zero-order valence-corrected chi connectivity index (χ0v) is 11.3. The molecule has 1 aromatic carbocycles. The van der Waals surface area contributed by atoms with Crippen LogP contribution in [-0.2, 0) is 4.79 Å². The van der Waals surface area contributed by atoms with E-state index < -0.39 is 0 Å². The summed E-state index contributed by atoms with van der Waals surface area (Å²) in [4.78, 5) is 26.0. The number of nitrogens with one attached hydrogen (secondary N) is 1. The molecule has 0 radical (unpaired) electrons. The largest absolute Gasteiger partial charge is 0.398 e. The Kier molecular flexibility index (Phi) is 3.74. The number of nitrogen functional groups attached to an aromatic ring is 1. The molecule has 2 amide bonds. The number of nitrogens with zero attached hydrogens (tertiary/aromatic N) is 1. The summed E-state index contributed by atoms with van der Waals surface area (Å²) in [6.07, 6.45) is 0.610. The van der Waals surface area contributed by atoms with Gasteiger partial charge in [-0.15, -0.1) is 0 Å². The molecule has 1 saturated heterocycles. The Morgan fingerprint density at radius 3 is 2.95 bits per heavy atom. The number of carbonyl (C=O) groups is 2. The van der Waals surface area contributed by atoms with Gasteiger partial charge in [-0.05, 0) is 31.0 Å². The van der Waals surface area contributed by atoms with Gasteiger partial charge in [0.15, 0.2) is 0 Å². The minimum Gasteiger partial charge on any atom is -0.398 e. The molecule has 3 N–H and O–H groups in total. The lowest BCUT2D eigenvalue weighted by Gasteiger charge is -2.34.